The van der Waals surface area contributed by atoms with Crippen LogP contribution >= 0.6 is 0 Å². The van der Waals surface area contributed by atoms with Gasteiger partial charge in [0.25, 0.3) is 11.8 Å². The van der Waals surface area contributed by atoms with Gasteiger partial charge in [-0.1, -0.05) is 19.1 Å². The number of carbonyl (C=O) groups is 4. The molecule has 0 atom stereocenters. The van der Waals surface area contributed by atoms with Gasteiger partial charge in [-0.2, -0.15) is 0 Å². The Hall–Kier alpha value is -3.28. The summed E-state index contributed by atoms with van der Waals surface area (Å²) in [5.74, 6) is -1.34. The summed E-state index contributed by atoms with van der Waals surface area (Å²) in [7, 11) is 0. The molecule has 1 aliphatic rings. The molecule has 0 saturated carbocycles. The number of amides is 3. The number of nitrogens with one attached hydrogen (secondary N) is 1. The Morgan fingerprint density at radius 3 is 2.04 bits per heavy atom. The third kappa shape index (κ3) is 3.39. The fourth-order valence-corrected chi connectivity index (χ4v) is 2.81. The van der Waals surface area contributed by atoms with E-state index in [2.05, 4.69) is 5.32 Å². The number of Topliss-reactive ketones (excluding diaryl/α,β-unsaturated/α-hetero) is 1. The standard InChI is InChI=1S/C20H18N2O4/c1-2-5-18(24)21-14-10-8-13(9-11-14)17(23)12-22-19(25)15-6-3-4-7-16(15)20(22)26/h3-4,6-11H,2,5,12H2,1H3,(H,21,24). The van der Waals surface area contributed by atoms with Gasteiger partial charge in [-0.25, -0.2) is 0 Å². The number of hydrogen-bond donors (Lipinski definition) is 1. The number of hydrogen-bond acceptors (Lipinski definition) is 4. The van der Waals surface area contributed by atoms with Crippen molar-refractivity contribution in [1.82, 2.24) is 4.90 Å². The smallest absolute Gasteiger partial charge is 0.261 e. The summed E-state index contributed by atoms with van der Waals surface area (Å²) in [6.07, 6.45) is 1.18. The molecule has 0 unspecified atom stereocenters. The molecule has 0 spiro atoms. The summed E-state index contributed by atoms with van der Waals surface area (Å²) in [6, 6.07) is 12.9. The van der Waals surface area contributed by atoms with Crippen molar-refractivity contribution in [3.8, 4) is 0 Å². The molecule has 1 aliphatic heterocycles. The molecule has 0 bridgehead atoms. The van der Waals surface area contributed by atoms with Crippen molar-refractivity contribution in [2.24, 2.45) is 0 Å². The van der Waals surface area contributed by atoms with Crippen molar-refractivity contribution in [3.63, 3.8) is 0 Å². The van der Waals surface area contributed by atoms with Gasteiger partial charge in [0.2, 0.25) is 5.91 Å². The lowest BCUT2D eigenvalue weighted by Gasteiger charge is -2.13. The first-order valence-electron chi connectivity index (χ1n) is 8.39. The Balaban J connectivity index is 1.68. The molecular weight excluding hydrogens is 332 g/mol. The van der Waals surface area contributed by atoms with E-state index < -0.39 is 11.8 Å². The van der Waals surface area contributed by atoms with E-state index in [4.69, 9.17) is 0 Å². The van der Waals surface area contributed by atoms with Crippen LogP contribution in [0, 0.1) is 0 Å². The molecule has 132 valence electrons. The van der Waals surface area contributed by atoms with Gasteiger partial charge in [-0.05, 0) is 42.8 Å². The van der Waals surface area contributed by atoms with Gasteiger partial charge in [0.1, 0.15) is 0 Å². The van der Waals surface area contributed by atoms with Crippen LogP contribution in [-0.4, -0.2) is 34.9 Å². The van der Waals surface area contributed by atoms with Gasteiger partial charge in [-0.3, -0.25) is 24.1 Å². The first-order chi connectivity index (χ1) is 12.5. The largest absolute Gasteiger partial charge is 0.326 e. The Kier molecular flexibility index (Phi) is 4.93. The molecule has 1 N–H and O–H groups in total. The fraction of sp³-hybridized carbons (Fsp3) is 0.200. The number of rotatable bonds is 6. The van der Waals surface area contributed by atoms with Gasteiger partial charge < -0.3 is 5.32 Å². The minimum atomic E-state index is -0.456. The van der Waals surface area contributed by atoms with Gasteiger partial charge in [0.15, 0.2) is 5.78 Å². The van der Waals surface area contributed by atoms with Crippen molar-refractivity contribution in [2.45, 2.75) is 19.8 Å². The molecule has 6 nitrogen and oxygen atoms in total. The summed E-state index contributed by atoms with van der Waals surface area (Å²) in [6.45, 7) is 1.61. The Morgan fingerprint density at radius 2 is 1.50 bits per heavy atom. The lowest BCUT2D eigenvalue weighted by atomic mass is 10.1. The molecule has 0 radical (unpaired) electrons. The zero-order valence-electron chi connectivity index (χ0n) is 14.3. The van der Waals surface area contributed by atoms with E-state index in [9.17, 15) is 19.2 Å². The molecule has 0 aliphatic carbocycles. The first kappa shape index (κ1) is 17.5. The van der Waals surface area contributed by atoms with Gasteiger partial charge in [0, 0.05) is 17.7 Å². The monoisotopic (exact) mass is 350 g/mol. The Morgan fingerprint density at radius 1 is 0.923 bits per heavy atom. The molecule has 2 aromatic carbocycles. The third-order valence-corrected chi connectivity index (χ3v) is 4.15. The highest BCUT2D eigenvalue weighted by atomic mass is 16.2. The van der Waals surface area contributed by atoms with Gasteiger partial charge in [-0.15, -0.1) is 0 Å². The van der Waals surface area contributed by atoms with Crippen LogP contribution in [0.15, 0.2) is 48.5 Å². The molecular formula is C20H18N2O4. The number of carbonyl (C=O) groups excluding carboxylic acids is 4. The highest BCUT2D eigenvalue weighted by Crippen LogP contribution is 2.22. The van der Waals surface area contributed by atoms with Crippen molar-refractivity contribution in [2.75, 3.05) is 11.9 Å². The van der Waals surface area contributed by atoms with Crippen molar-refractivity contribution < 1.29 is 19.2 Å². The Labute approximate surface area is 150 Å². The average molecular weight is 350 g/mol. The summed E-state index contributed by atoms with van der Waals surface area (Å²) >= 11 is 0. The summed E-state index contributed by atoms with van der Waals surface area (Å²) in [4.78, 5) is 49.6. The minimum Gasteiger partial charge on any atom is -0.326 e. The molecule has 3 amide bonds. The summed E-state index contributed by atoms with van der Waals surface area (Å²) < 4.78 is 0. The third-order valence-electron chi connectivity index (χ3n) is 4.15. The van der Waals surface area contributed by atoms with E-state index in [-0.39, 0.29) is 18.2 Å². The maximum absolute atomic E-state index is 12.4. The second kappa shape index (κ2) is 7.31. The van der Waals surface area contributed by atoms with Gasteiger partial charge in [0.05, 0.1) is 17.7 Å². The second-order valence-corrected chi connectivity index (χ2v) is 6.04. The summed E-state index contributed by atoms with van der Waals surface area (Å²) in [5.41, 5.74) is 1.61. The van der Waals surface area contributed by atoms with Crippen LogP contribution in [0.1, 0.15) is 50.8 Å². The van der Waals surface area contributed by atoms with Gasteiger partial charge >= 0.3 is 0 Å². The number of nitrogens with zero attached hydrogens (tertiary/aromatic N) is 1. The van der Waals surface area contributed by atoms with Crippen LogP contribution in [0.2, 0.25) is 0 Å². The average Bonchev–Trinajstić information content (AvgIpc) is 2.88. The number of ketones is 1. The quantitative estimate of drug-likeness (QED) is 0.641. The molecule has 0 aromatic heterocycles. The number of imide groups is 1. The Bertz CT molecular complexity index is 852. The molecule has 2 aromatic rings. The lowest BCUT2D eigenvalue weighted by molar-refractivity contribution is -0.116. The van der Waals surface area contributed by atoms with Crippen molar-refractivity contribution >= 4 is 29.2 Å². The number of anilines is 1. The van der Waals surface area contributed by atoms with Crippen LogP contribution in [0.25, 0.3) is 0 Å². The zero-order valence-corrected chi connectivity index (χ0v) is 14.3. The van der Waals surface area contributed by atoms with Crippen LogP contribution in [-0.2, 0) is 4.79 Å². The van der Waals surface area contributed by atoms with Crippen LogP contribution in [0.3, 0.4) is 0 Å². The lowest BCUT2D eigenvalue weighted by Crippen LogP contribution is -2.34. The van der Waals surface area contributed by atoms with E-state index in [1.807, 2.05) is 6.92 Å². The predicted octanol–water partition coefficient (Wildman–Crippen LogP) is 2.90. The van der Waals surface area contributed by atoms with Crippen molar-refractivity contribution in [3.05, 3.63) is 65.2 Å². The number of fused-ring (bicyclic) bond motifs is 1. The van der Waals surface area contributed by atoms with E-state index in [0.29, 0.717) is 28.8 Å². The maximum atomic E-state index is 12.4. The van der Waals surface area contributed by atoms with E-state index in [1.165, 1.54) is 0 Å². The predicted molar refractivity (Wildman–Crippen MR) is 96.1 cm³/mol. The molecule has 0 fully saturated rings. The van der Waals surface area contributed by atoms with Crippen LogP contribution < -0.4 is 5.32 Å². The van der Waals surface area contributed by atoms with E-state index >= 15 is 0 Å². The molecule has 6 heteroatoms. The van der Waals surface area contributed by atoms with Crippen molar-refractivity contribution in [1.29, 1.82) is 0 Å². The topological polar surface area (TPSA) is 83.6 Å². The molecule has 26 heavy (non-hydrogen) atoms. The molecule has 3 rings (SSSR count). The first-order valence-corrected chi connectivity index (χ1v) is 8.39. The van der Waals surface area contributed by atoms with Crippen LogP contribution in [0.5, 0.6) is 0 Å². The van der Waals surface area contributed by atoms with Crippen LogP contribution in [0.4, 0.5) is 5.69 Å². The minimum absolute atomic E-state index is 0.0856. The SMILES string of the molecule is CCCC(=O)Nc1ccc(C(=O)CN2C(=O)c3ccccc3C2=O)cc1. The summed E-state index contributed by atoms with van der Waals surface area (Å²) in [5, 5.41) is 2.74. The highest BCUT2D eigenvalue weighted by Gasteiger charge is 2.36. The van der Waals surface area contributed by atoms with E-state index in [0.717, 1.165) is 11.3 Å². The highest BCUT2D eigenvalue weighted by molar-refractivity contribution is 6.23. The number of benzene rings is 2. The molecule has 0 saturated heterocycles. The normalized spacial score (nSPS) is 12.9. The van der Waals surface area contributed by atoms with E-state index in [1.54, 1.807) is 48.5 Å². The maximum Gasteiger partial charge on any atom is 0.261 e. The molecule has 1 heterocycles. The zero-order chi connectivity index (χ0) is 18.7. The second-order valence-electron chi connectivity index (χ2n) is 6.04. The fourth-order valence-electron chi connectivity index (χ4n) is 2.81.